The molecule has 0 aliphatic heterocycles. The summed E-state index contributed by atoms with van der Waals surface area (Å²) >= 11 is 0. The zero-order chi connectivity index (χ0) is 15.5. The maximum absolute atomic E-state index is 12.1. The van der Waals surface area contributed by atoms with Crippen LogP contribution in [0.1, 0.15) is 11.1 Å². The lowest BCUT2D eigenvalue weighted by molar-refractivity contribution is 0.212. The van der Waals surface area contributed by atoms with Crippen molar-refractivity contribution in [2.45, 2.75) is 18.4 Å². The van der Waals surface area contributed by atoms with Crippen molar-refractivity contribution in [3.63, 3.8) is 0 Å². The molecular weight excluding hydrogens is 292 g/mol. The van der Waals surface area contributed by atoms with Crippen molar-refractivity contribution in [2.75, 3.05) is 7.05 Å². The van der Waals surface area contributed by atoms with Gasteiger partial charge < -0.3 is 9.32 Å². The maximum atomic E-state index is 12.1. The van der Waals surface area contributed by atoms with Gasteiger partial charge in [-0.1, -0.05) is 17.7 Å². The Morgan fingerprint density at radius 3 is 2.48 bits per heavy atom. The SMILES string of the molecule is Cc1ccc(S(=O)(=O)NC(=O)N(C)Cc2ccoc2)cc1. The van der Waals surface area contributed by atoms with Crippen LogP contribution < -0.4 is 4.72 Å². The number of hydrogen-bond donors (Lipinski definition) is 1. The predicted octanol–water partition coefficient (Wildman–Crippen LogP) is 2.12. The number of hydrogen-bond acceptors (Lipinski definition) is 4. The fourth-order valence-corrected chi connectivity index (χ4v) is 2.70. The van der Waals surface area contributed by atoms with E-state index in [0.29, 0.717) is 0 Å². The van der Waals surface area contributed by atoms with Crippen molar-refractivity contribution in [1.82, 2.24) is 9.62 Å². The number of carbonyl (C=O) groups is 1. The summed E-state index contributed by atoms with van der Waals surface area (Å²) in [5, 5.41) is 0. The molecular formula is C14H16N2O4S. The Kier molecular flexibility index (Phi) is 4.32. The number of rotatable bonds is 4. The van der Waals surface area contributed by atoms with Crippen LogP contribution in [0.5, 0.6) is 0 Å². The van der Waals surface area contributed by atoms with Crippen LogP contribution in [0.2, 0.25) is 0 Å². The van der Waals surface area contributed by atoms with Gasteiger partial charge in [-0.2, -0.15) is 0 Å². The van der Waals surface area contributed by atoms with Crippen molar-refractivity contribution in [2.24, 2.45) is 0 Å². The van der Waals surface area contributed by atoms with Gasteiger partial charge in [0.15, 0.2) is 0 Å². The maximum Gasteiger partial charge on any atom is 0.331 e. The molecule has 1 heterocycles. The second-order valence-electron chi connectivity index (χ2n) is 4.71. The first-order valence-electron chi connectivity index (χ1n) is 6.24. The number of nitrogens with one attached hydrogen (secondary N) is 1. The molecule has 0 saturated carbocycles. The van der Waals surface area contributed by atoms with E-state index in [-0.39, 0.29) is 11.4 Å². The van der Waals surface area contributed by atoms with E-state index in [9.17, 15) is 13.2 Å². The smallest absolute Gasteiger partial charge is 0.331 e. The minimum absolute atomic E-state index is 0.0539. The van der Waals surface area contributed by atoms with Crippen LogP contribution in [-0.2, 0) is 16.6 Å². The van der Waals surface area contributed by atoms with E-state index >= 15 is 0 Å². The molecule has 2 amide bonds. The molecule has 0 aliphatic rings. The molecule has 112 valence electrons. The van der Waals surface area contributed by atoms with Crippen LogP contribution in [0.3, 0.4) is 0 Å². The zero-order valence-corrected chi connectivity index (χ0v) is 12.6. The van der Waals surface area contributed by atoms with Gasteiger partial charge in [0.1, 0.15) is 0 Å². The van der Waals surface area contributed by atoms with Gasteiger partial charge >= 0.3 is 6.03 Å². The highest BCUT2D eigenvalue weighted by molar-refractivity contribution is 7.90. The summed E-state index contributed by atoms with van der Waals surface area (Å²) in [7, 11) is -2.36. The average molecular weight is 308 g/mol. The molecule has 21 heavy (non-hydrogen) atoms. The number of sulfonamides is 1. The topological polar surface area (TPSA) is 79.6 Å². The van der Waals surface area contributed by atoms with Crippen molar-refractivity contribution >= 4 is 16.1 Å². The largest absolute Gasteiger partial charge is 0.472 e. The lowest BCUT2D eigenvalue weighted by atomic mass is 10.2. The van der Waals surface area contributed by atoms with Gasteiger partial charge in [-0.15, -0.1) is 0 Å². The van der Waals surface area contributed by atoms with E-state index in [1.54, 1.807) is 18.2 Å². The molecule has 0 saturated heterocycles. The second-order valence-corrected chi connectivity index (χ2v) is 6.39. The summed E-state index contributed by atoms with van der Waals surface area (Å²) < 4.78 is 31.1. The van der Waals surface area contributed by atoms with Crippen LogP contribution in [0.15, 0.2) is 52.2 Å². The monoisotopic (exact) mass is 308 g/mol. The molecule has 2 rings (SSSR count). The number of amides is 2. The van der Waals surface area contributed by atoms with Crippen molar-refractivity contribution in [3.05, 3.63) is 54.0 Å². The minimum Gasteiger partial charge on any atom is -0.472 e. The zero-order valence-electron chi connectivity index (χ0n) is 11.7. The Labute approximate surface area is 123 Å². The van der Waals surface area contributed by atoms with Gasteiger partial charge in [0.2, 0.25) is 0 Å². The number of carbonyl (C=O) groups excluding carboxylic acids is 1. The van der Waals surface area contributed by atoms with Crippen LogP contribution in [0.25, 0.3) is 0 Å². The fourth-order valence-electron chi connectivity index (χ4n) is 1.70. The number of nitrogens with zero attached hydrogens (tertiary/aromatic N) is 1. The fraction of sp³-hybridized carbons (Fsp3) is 0.214. The van der Waals surface area contributed by atoms with Crippen molar-refractivity contribution in [3.8, 4) is 0 Å². The second kappa shape index (κ2) is 6.01. The Bertz CT molecular complexity index is 706. The molecule has 2 aromatic rings. The lowest BCUT2D eigenvalue weighted by Crippen LogP contribution is -2.40. The van der Waals surface area contributed by atoms with Gasteiger partial charge in [0.05, 0.1) is 24.0 Å². The number of benzene rings is 1. The van der Waals surface area contributed by atoms with Gasteiger partial charge in [-0.05, 0) is 25.1 Å². The van der Waals surface area contributed by atoms with Gasteiger partial charge in [0.25, 0.3) is 10.0 Å². The molecule has 0 bridgehead atoms. The number of furan rings is 1. The normalized spacial score (nSPS) is 11.1. The Hall–Kier alpha value is -2.28. The van der Waals surface area contributed by atoms with Gasteiger partial charge in [-0.25, -0.2) is 17.9 Å². The Morgan fingerprint density at radius 1 is 1.24 bits per heavy atom. The summed E-state index contributed by atoms with van der Waals surface area (Å²) in [6.45, 7) is 2.11. The van der Waals surface area contributed by atoms with Crippen molar-refractivity contribution in [1.29, 1.82) is 0 Å². The highest BCUT2D eigenvalue weighted by Gasteiger charge is 2.20. The van der Waals surface area contributed by atoms with Gasteiger partial charge in [-0.3, -0.25) is 0 Å². The van der Waals surface area contributed by atoms with Crippen LogP contribution in [-0.4, -0.2) is 26.4 Å². The van der Waals surface area contributed by atoms with E-state index in [4.69, 9.17) is 4.42 Å². The summed E-state index contributed by atoms with van der Waals surface area (Å²) in [6, 6.07) is 7.28. The highest BCUT2D eigenvalue weighted by atomic mass is 32.2. The summed E-state index contributed by atoms with van der Waals surface area (Å²) in [6.07, 6.45) is 2.99. The first-order valence-corrected chi connectivity index (χ1v) is 7.72. The van der Waals surface area contributed by atoms with Crippen LogP contribution in [0.4, 0.5) is 4.79 Å². The molecule has 0 aliphatic carbocycles. The van der Waals surface area contributed by atoms with Crippen molar-refractivity contribution < 1.29 is 17.6 Å². The molecule has 0 spiro atoms. The third-order valence-corrected chi connectivity index (χ3v) is 4.24. The first kappa shape index (κ1) is 15.1. The molecule has 0 atom stereocenters. The first-order chi connectivity index (χ1) is 9.88. The average Bonchev–Trinajstić information content (AvgIpc) is 2.91. The molecule has 0 fully saturated rings. The van der Waals surface area contributed by atoms with Gasteiger partial charge in [0, 0.05) is 12.6 Å². The predicted molar refractivity (Wildman–Crippen MR) is 77.1 cm³/mol. The Balaban J connectivity index is 2.05. The molecule has 1 aromatic heterocycles. The third-order valence-electron chi connectivity index (χ3n) is 2.90. The number of aryl methyl sites for hydroxylation is 1. The molecule has 7 heteroatoms. The molecule has 1 N–H and O–H groups in total. The van der Waals surface area contributed by atoms with Crippen LogP contribution >= 0.6 is 0 Å². The summed E-state index contributed by atoms with van der Waals surface area (Å²) in [5.74, 6) is 0. The summed E-state index contributed by atoms with van der Waals surface area (Å²) in [5.41, 5.74) is 1.72. The van der Waals surface area contributed by atoms with E-state index in [1.165, 1.54) is 36.6 Å². The van der Waals surface area contributed by atoms with E-state index < -0.39 is 16.1 Å². The molecule has 1 aromatic carbocycles. The van der Waals surface area contributed by atoms with E-state index in [0.717, 1.165) is 11.1 Å². The molecule has 0 radical (unpaired) electrons. The standard InChI is InChI=1S/C14H16N2O4S/c1-11-3-5-13(6-4-11)21(18,19)15-14(17)16(2)9-12-7-8-20-10-12/h3-8,10H,9H2,1-2H3,(H,15,17). The molecule has 6 nitrogen and oxygen atoms in total. The van der Waals surface area contributed by atoms with E-state index in [1.807, 2.05) is 11.6 Å². The number of urea groups is 1. The third kappa shape index (κ3) is 3.85. The summed E-state index contributed by atoms with van der Waals surface area (Å²) in [4.78, 5) is 13.2. The van der Waals surface area contributed by atoms with Crippen LogP contribution in [0, 0.1) is 6.92 Å². The Morgan fingerprint density at radius 2 is 1.90 bits per heavy atom. The minimum atomic E-state index is -3.86. The quantitative estimate of drug-likeness (QED) is 0.938. The molecule has 0 unspecified atom stereocenters. The lowest BCUT2D eigenvalue weighted by Gasteiger charge is -2.17. The van der Waals surface area contributed by atoms with E-state index in [2.05, 4.69) is 0 Å². The highest BCUT2D eigenvalue weighted by Crippen LogP contribution is 2.11.